The Morgan fingerprint density at radius 1 is 1.32 bits per heavy atom. The normalized spacial score (nSPS) is 10.0. The molecule has 0 saturated heterocycles. The molecule has 0 atom stereocenters. The molecule has 2 N–H and O–H groups in total. The summed E-state index contributed by atoms with van der Waals surface area (Å²) in [5.41, 5.74) is 7.36. The van der Waals surface area contributed by atoms with E-state index in [4.69, 9.17) is 22.7 Å². The lowest BCUT2D eigenvalue weighted by Gasteiger charge is -2.23. The van der Waals surface area contributed by atoms with E-state index >= 15 is 0 Å². The predicted molar refractivity (Wildman–Crippen MR) is 81.5 cm³/mol. The Hall–Kier alpha value is -1.62. The third-order valence-electron chi connectivity index (χ3n) is 2.64. The topological polar surface area (TPSA) is 55.6 Å². The molecule has 0 aliphatic carbocycles. The van der Waals surface area contributed by atoms with Crippen molar-refractivity contribution < 1.29 is 9.53 Å². The fourth-order valence-electron chi connectivity index (χ4n) is 1.77. The van der Waals surface area contributed by atoms with Gasteiger partial charge in [0.25, 0.3) is 0 Å². The quantitative estimate of drug-likeness (QED) is 0.612. The van der Waals surface area contributed by atoms with Gasteiger partial charge in [0.2, 0.25) is 0 Å². The smallest absolute Gasteiger partial charge is 0.325 e. The Bertz CT molecular complexity index is 432. The molecule has 0 bridgehead atoms. The van der Waals surface area contributed by atoms with E-state index in [1.165, 1.54) is 0 Å². The number of ether oxygens (including phenoxy) is 1. The van der Waals surface area contributed by atoms with Crippen LogP contribution < -0.4 is 10.6 Å². The first-order chi connectivity index (χ1) is 9.08. The van der Waals surface area contributed by atoms with Crippen LogP contribution in [-0.2, 0) is 9.53 Å². The van der Waals surface area contributed by atoms with Gasteiger partial charge in [-0.05, 0) is 37.6 Å². The lowest BCUT2D eigenvalue weighted by Crippen LogP contribution is -2.31. The highest BCUT2D eigenvalue weighted by molar-refractivity contribution is 7.80. The number of carbonyl (C=O) groups excluding carboxylic acids is 1. The van der Waals surface area contributed by atoms with Gasteiger partial charge in [0, 0.05) is 17.8 Å². The van der Waals surface area contributed by atoms with Gasteiger partial charge in [-0.2, -0.15) is 0 Å². The number of thiocarbonyl (C=S) groups is 1. The zero-order chi connectivity index (χ0) is 14.3. The number of rotatable bonds is 7. The number of esters is 1. The van der Waals surface area contributed by atoms with Crippen LogP contribution in [0, 0.1) is 0 Å². The summed E-state index contributed by atoms with van der Waals surface area (Å²) >= 11 is 4.92. The predicted octanol–water partition coefficient (Wildman–Crippen LogP) is 2.10. The molecule has 1 aromatic carbocycles. The van der Waals surface area contributed by atoms with E-state index in [-0.39, 0.29) is 12.5 Å². The van der Waals surface area contributed by atoms with Gasteiger partial charge < -0.3 is 15.4 Å². The summed E-state index contributed by atoms with van der Waals surface area (Å²) in [4.78, 5) is 13.9. The Labute approximate surface area is 119 Å². The molecule has 4 nitrogen and oxygen atoms in total. The molecule has 0 amide bonds. The first-order valence-electron chi connectivity index (χ1n) is 6.38. The number of nitrogens with zero attached hydrogens (tertiary/aromatic N) is 1. The lowest BCUT2D eigenvalue weighted by atomic mass is 10.2. The molecule has 0 aromatic heterocycles. The van der Waals surface area contributed by atoms with Crippen molar-refractivity contribution in [2.45, 2.75) is 20.3 Å². The van der Waals surface area contributed by atoms with E-state index in [1.807, 2.05) is 29.2 Å². The highest BCUT2D eigenvalue weighted by atomic mass is 32.1. The summed E-state index contributed by atoms with van der Waals surface area (Å²) in [6, 6.07) is 7.57. The van der Waals surface area contributed by atoms with E-state index in [0.717, 1.165) is 24.2 Å². The average Bonchev–Trinajstić information content (AvgIpc) is 2.38. The van der Waals surface area contributed by atoms with Gasteiger partial charge in [-0.15, -0.1) is 0 Å². The number of benzene rings is 1. The molecule has 0 spiro atoms. The number of carbonyl (C=O) groups is 1. The van der Waals surface area contributed by atoms with E-state index < -0.39 is 0 Å². The molecule has 19 heavy (non-hydrogen) atoms. The largest absolute Gasteiger partial charge is 0.465 e. The number of anilines is 1. The van der Waals surface area contributed by atoms with Gasteiger partial charge in [0.1, 0.15) is 11.5 Å². The molecule has 0 saturated carbocycles. The van der Waals surface area contributed by atoms with Gasteiger partial charge in [-0.3, -0.25) is 4.79 Å². The highest BCUT2D eigenvalue weighted by Gasteiger charge is 2.11. The van der Waals surface area contributed by atoms with Gasteiger partial charge >= 0.3 is 5.97 Å². The maximum atomic E-state index is 11.6. The van der Waals surface area contributed by atoms with Crippen molar-refractivity contribution in [3.63, 3.8) is 0 Å². The van der Waals surface area contributed by atoms with Gasteiger partial charge in [0.05, 0.1) is 6.61 Å². The molecule has 104 valence electrons. The molecule has 0 aliphatic rings. The lowest BCUT2D eigenvalue weighted by molar-refractivity contribution is -0.141. The van der Waals surface area contributed by atoms with Crippen molar-refractivity contribution in [3.05, 3.63) is 29.8 Å². The third-order valence-corrected chi connectivity index (χ3v) is 2.87. The van der Waals surface area contributed by atoms with Crippen molar-refractivity contribution in [1.29, 1.82) is 0 Å². The standard InChI is InChI=1S/C14H20N2O2S/c1-3-9-16(10-13(17)18-4-2)12-7-5-11(6-8-12)14(15)19/h5-8H,3-4,9-10H2,1-2H3,(H2,15,19). The maximum Gasteiger partial charge on any atom is 0.325 e. The zero-order valence-electron chi connectivity index (χ0n) is 11.4. The van der Waals surface area contributed by atoms with Crippen molar-refractivity contribution >= 4 is 28.9 Å². The highest BCUT2D eigenvalue weighted by Crippen LogP contribution is 2.16. The average molecular weight is 280 g/mol. The summed E-state index contributed by atoms with van der Waals surface area (Å²) in [6.07, 6.45) is 0.955. The van der Waals surface area contributed by atoms with Gasteiger partial charge in [-0.1, -0.05) is 19.1 Å². The maximum absolute atomic E-state index is 11.6. The molecule has 0 fully saturated rings. The van der Waals surface area contributed by atoms with Crippen molar-refractivity contribution in [1.82, 2.24) is 0 Å². The summed E-state index contributed by atoms with van der Waals surface area (Å²) in [5.74, 6) is -0.214. The second-order valence-corrected chi connectivity index (χ2v) is 4.58. The van der Waals surface area contributed by atoms with Crippen LogP contribution in [0.3, 0.4) is 0 Å². The molecule has 0 radical (unpaired) electrons. The minimum Gasteiger partial charge on any atom is -0.465 e. The monoisotopic (exact) mass is 280 g/mol. The van der Waals surface area contributed by atoms with Crippen LogP contribution in [0.5, 0.6) is 0 Å². The fourth-order valence-corrected chi connectivity index (χ4v) is 1.90. The summed E-state index contributed by atoms with van der Waals surface area (Å²) in [5, 5.41) is 0. The number of hydrogen-bond donors (Lipinski definition) is 1. The van der Waals surface area contributed by atoms with Crippen LogP contribution in [0.25, 0.3) is 0 Å². The number of hydrogen-bond acceptors (Lipinski definition) is 4. The van der Waals surface area contributed by atoms with Crippen LogP contribution in [0.2, 0.25) is 0 Å². The van der Waals surface area contributed by atoms with E-state index in [2.05, 4.69) is 6.92 Å². The van der Waals surface area contributed by atoms with Gasteiger partial charge in [-0.25, -0.2) is 0 Å². The van der Waals surface area contributed by atoms with Crippen LogP contribution in [0.1, 0.15) is 25.8 Å². The Balaban J connectivity index is 2.80. The SMILES string of the molecule is CCCN(CC(=O)OCC)c1ccc(C(N)=S)cc1. The van der Waals surface area contributed by atoms with Crippen molar-refractivity contribution in [2.24, 2.45) is 5.73 Å². The zero-order valence-corrected chi connectivity index (χ0v) is 12.2. The molecule has 1 aromatic rings. The van der Waals surface area contributed by atoms with Crippen LogP contribution in [0.15, 0.2) is 24.3 Å². The van der Waals surface area contributed by atoms with E-state index in [1.54, 1.807) is 6.92 Å². The molecule has 0 unspecified atom stereocenters. The van der Waals surface area contributed by atoms with Crippen LogP contribution >= 0.6 is 12.2 Å². The molecular formula is C14H20N2O2S. The van der Waals surface area contributed by atoms with Crippen molar-refractivity contribution in [2.75, 3.05) is 24.6 Å². The first-order valence-corrected chi connectivity index (χ1v) is 6.79. The second kappa shape index (κ2) is 7.74. The molecule has 0 heterocycles. The number of nitrogens with two attached hydrogens (primary N) is 1. The minimum absolute atomic E-state index is 0.214. The van der Waals surface area contributed by atoms with Gasteiger partial charge in [0.15, 0.2) is 0 Å². The van der Waals surface area contributed by atoms with E-state index in [0.29, 0.717) is 11.6 Å². The van der Waals surface area contributed by atoms with Crippen LogP contribution in [0.4, 0.5) is 5.69 Å². The second-order valence-electron chi connectivity index (χ2n) is 4.14. The summed E-state index contributed by atoms with van der Waals surface area (Å²) in [6.45, 7) is 5.33. The molecule has 0 aliphatic heterocycles. The Morgan fingerprint density at radius 2 is 1.95 bits per heavy atom. The third kappa shape index (κ3) is 4.87. The fraction of sp³-hybridized carbons (Fsp3) is 0.429. The molecular weight excluding hydrogens is 260 g/mol. The first kappa shape index (κ1) is 15.4. The Kier molecular flexibility index (Phi) is 6.29. The van der Waals surface area contributed by atoms with Crippen molar-refractivity contribution in [3.8, 4) is 0 Å². The molecule has 5 heteroatoms. The van der Waals surface area contributed by atoms with E-state index in [9.17, 15) is 4.79 Å². The minimum atomic E-state index is -0.214. The summed E-state index contributed by atoms with van der Waals surface area (Å²) in [7, 11) is 0. The summed E-state index contributed by atoms with van der Waals surface area (Å²) < 4.78 is 4.98. The van der Waals surface area contributed by atoms with Crippen LogP contribution in [-0.4, -0.2) is 30.7 Å². The molecule has 1 rings (SSSR count). The Morgan fingerprint density at radius 3 is 2.42 bits per heavy atom.